The lowest BCUT2D eigenvalue weighted by Gasteiger charge is -2.41. The number of pyridine rings is 1. The van der Waals surface area contributed by atoms with Crippen LogP contribution in [0.25, 0.3) is 28.1 Å². The van der Waals surface area contributed by atoms with E-state index in [2.05, 4.69) is 76.1 Å². The van der Waals surface area contributed by atoms with Gasteiger partial charge >= 0.3 is 6.18 Å². The van der Waals surface area contributed by atoms with Gasteiger partial charge in [0.15, 0.2) is 11.6 Å². The molecule has 238 valence electrons. The van der Waals surface area contributed by atoms with Crippen molar-refractivity contribution >= 4 is 25.1 Å². The summed E-state index contributed by atoms with van der Waals surface area (Å²) in [5.41, 5.74) is -0.411. The number of rotatable bonds is 9. The molecule has 0 aromatic carbocycles. The number of halogens is 3. The van der Waals surface area contributed by atoms with Gasteiger partial charge in [0.1, 0.15) is 17.9 Å². The molecule has 44 heavy (non-hydrogen) atoms. The summed E-state index contributed by atoms with van der Waals surface area (Å²) >= 11 is 0. The first-order chi connectivity index (χ1) is 20.6. The Labute approximate surface area is 256 Å². The minimum absolute atomic E-state index is 0.0115. The number of tetrazole rings is 1. The third-order valence-corrected chi connectivity index (χ3v) is 9.53. The molecule has 5 rings (SSSR count). The number of hydrogen-bond donors (Lipinski definition) is 1. The topological polar surface area (TPSA) is 112 Å². The Bertz CT molecular complexity index is 1610. The van der Waals surface area contributed by atoms with Crippen molar-refractivity contribution in [2.24, 2.45) is 0 Å². The van der Waals surface area contributed by atoms with Gasteiger partial charge in [-0.2, -0.15) is 17.9 Å². The zero-order valence-corrected chi connectivity index (χ0v) is 27.4. The summed E-state index contributed by atoms with van der Waals surface area (Å²) < 4.78 is 52.4. The number of nitrogens with one attached hydrogen (secondary N) is 1. The van der Waals surface area contributed by atoms with Crippen LogP contribution in [-0.4, -0.2) is 84.0 Å². The standard InChI is InChI=1S/C29H41F3N10OSi/c1-19-37-38-39-42(19)24-11-10-21-22(17-40(26(21)35-24)18-43-13-14-44(5,6)7)25-23(29(30,31)32)15-33-27(36-25)34-20-9-8-12-41(16-20)28(2,3)4/h10-11,15,17,20H,8-9,12-14,16,18H2,1-7H3,(H,33,34,36)/t20-/m0/s1. The lowest BCUT2D eigenvalue weighted by molar-refractivity contribution is -0.137. The molecule has 0 radical (unpaired) electrons. The van der Waals surface area contributed by atoms with Gasteiger partial charge in [-0.15, -0.1) is 5.10 Å². The molecule has 0 aliphatic carbocycles. The highest BCUT2D eigenvalue weighted by Gasteiger charge is 2.37. The van der Waals surface area contributed by atoms with Gasteiger partial charge in [0.05, 0.1) is 5.69 Å². The van der Waals surface area contributed by atoms with Crippen LogP contribution < -0.4 is 5.32 Å². The molecule has 15 heteroatoms. The van der Waals surface area contributed by atoms with E-state index < -0.39 is 19.8 Å². The third kappa shape index (κ3) is 7.26. The van der Waals surface area contributed by atoms with E-state index in [0.29, 0.717) is 34.8 Å². The molecule has 5 heterocycles. The average Bonchev–Trinajstić information content (AvgIpc) is 3.52. The maximum absolute atomic E-state index is 14.4. The first-order valence-corrected chi connectivity index (χ1v) is 18.6. The fourth-order valence-corrected chi connectivity index (χ4v) is 6.05. The van der Waals surface area contributed by atoms with Gasteiger partial charge in [0, 0.05) is 56.1 Å². The second kappa shape index (κ2) is 12.2. The molecule has 1 N–H and O–H groups in total. The fraction of sp³-hybridized carbons (Fsp3) is 0.586. The molecule has 1 fully saturated rings. The van der Waals surface area contributed by atoms with E-state index in [1.54, 1.807) is 29.8 Å². The largest absolute Gasteiger partial charge is 0.419 e. The SMILES string of the molecule is Cc1nnnn1-c1ccc2c(-c3nc(N[C@H]4CCCN(C(C)(C)C)C4)ncc3C(F)(F)F)cn(COCC[Si](C)(C)C)c2n1. The fourth-order valence-electron chi connectivity index (χ4n) is 5.29. The summed E-state index contributed by atoms with van der Waals surface area (Å²) in [5, 5.41) is 15.4. The molecule has 1 saturated heterocycles. The van der Waals surface area contributed by atoms with Crippen LogP contribution in [0.2, 0.25) is 25.7 Å². The number of fused-ring (bicyclic) bond motifs is 1. The smallest absolute Gasteiger partial charge is 0.361 e. The lowest BCUT2D eigenvalue weighted by atomic mass is 9.98. The van der Waals surface area contributed by atoms with Gasteiger partial charge in [-0.05, 0) is 75.7 Å². The van der Waals surface area contributed by atoms with Crippen molar-refractivity contribution in [2.45, 2.75) is 90.7 Å². The maximum Gasteiger partial charge on any atom is 0.419 e. The van der Waals surface area contributed by atoms with E-state index in [1.807, 2.05) is 0 Å². The van der Waals surface area contributed by atoms with Gasteiger partial charge < -0.3 is 14.6 Å². The van der Waals surface area contributed by atoms with Gasteiger partial charge in [-0.3, -0.25) is 4.90 Å². The molecule has 1 aliphatic heterocycles. The summed E-state index contributed by atoms with van der Waals surface area (Å²) in [5.74, 6) is 1.13. The Hall–Kier alpha value is -3.43. The zero-order valence-electron chi connectivity index (χ0n) is 26.4. The molecule has 0 amide bonds. The minimum atomic E-state index is -4.67. The lowest BCUT2D eigenvalue weighted by Crippen LogP contribution is -2.50. The Balaban J connectivity index is 1.56. The van der Waals surface area contributed by atoms with Crippen molar-refractivity contribution in [3.8, 4) is 17.1 Å². The number of aromatic nitrogens is 8. The Kier molecular flexibility index (Phi) is 8.84. The van der Waals surface area contributed by atoms with Gasteiger partial charge in [0.25, 0.3) is 0 Å². The molecule has 1 aliphatic rings. The van der Waals surface area contributed by atoms with E-state index >= 15 is 0 Å². The van der Waals surface area contributed by atoms with Crippen LogP contribution in [0.15, 0.2) is 24.5 Å². The number of anilines is 1. The van der Waals surface area contributed by atoms with E-state index in [0.717, 1.165) is 38.2 Å². The summed E-state index contributed by atoms with van der Waals surface area (Å²) in [6.45, 7) is 17.4. The second-order valence-corrected chi connectivity index (χ2v) is 19.2. The number of ether oxygens (including phenoxy) is 1. The molecule has 0 unspecified atom stereocenters. The predicted molar refractivity (Wildman–Crippen MR) is 165 cm³/mol. The third-order valence-electron chi connectivity index (χ3n) is 7.83. The molecular weight excluding hydrogens is 589 g/mol. The van der Waals surface area contributed by atoms with Crippen molar-refractivity contribution in [3.05, 3.63) is 35.9 Å². The molecule has 11 nitrogen and oxygen atoms in total. The summed E-state index contributed by atoms with van der Waals surface area (Å²) in [7, 11) is -1.34. The summed E-state index contributed by atoms with van der Waals surface area (Å²) in [6.07, 6.45) is -0.312. The second-order valence-electron chi connectivity index (χ2n) is 13.6. The van der Waals surface area contributed by atoms with Crippen LogP contribution in [-0.2, 0) is 17.6 Å². The van der Waals surface area contributed by atoms with E-state index in [1.165, 1.54) is 4.68 Å². The van der Waals surface area contributed by atoms with E-state index in [4.69, 9.17) is 9.72 Å². The van der Waals surface area contributed by atoms with Crippen LogP contribution in [0.1, 0.15) is 45.0 Å². The van der Waals surface area contributed by atoms with Crippen molar-refractivity contribution in [3.63, 3.8) is 0 Å². The number of alkyl halides is 3. The van der Waals surface area contributed by atoms with Crippen LogP contribution in [0.4, 0.5) is 19.1 Å². The van der Waals surface area contributed by atoms with Crippen LogP contribution in [0.5, 0.6) is 0 Å². The monoisotopic (exact) mass is 630 g/mol. The Morgan fingerprint density at radius 2 is 1.89 bits per heavy atom. The average molecular weight is 631 g/mol. The van der Waals surface area contributed by atoms with Gasteiger partial charge in [-0.1, -0.05) is 19.6 Å². The summed E-state index contributed by atoms with van der Waals surface area (Å²) in [6, 6.07) is 4.37. The Morgan fingerprint density at radius 3 is 2.55 bits per heavy atom. The zero-order chi connectivity index (χ0) is 31.9. The van der Waals surface area contributed by atoms with Crippen molar-refractivity contribution < 1.29 is 17.9 Å². The molecule has 0 bridgehead atoms. The van der Waals surface area contributed by atoms with Crippen molar-refractivity contribution in [1.29, 1.82) is 0 Å². The number of nitrogens with zero attached hydrogens (tertiary/aromatic N) is 9. The van der Waals surface area contributed by atoms with E-state index in [9.17, 15) is 13.2 Å². The highest BCUT2D eigenvalue weighted by atomic mass is 28.3. The minimum Gasteiger partial charge on any atom is -0.361 e. The normalized spacial score (nSPS) is 17.0. The highest BCUT2D eigenvalue weighted by molar-refractivity contribution is 6.76. The van der Waals surface area contributed by atoms with Crippen LogP contribution >= 0.6 is 0 Å². The van der Waals surface area contributed by atoms with Crippen molar-refractivity contribution in [1.82, 2.24) is 44.6 Å². The van der Waals surface area contributed by atoms with Crippen LogP contribution in [0.3, 0.4) is 0 Å². The quantitative estimate of drug-likeness (QED) is 0.182. The predicted octanol–water partition coefficient (Wildman–Crippen LogP) is 5.78. The number of likely N-dealkylation sites (tertiary alicyclic amines) is 1. The maximum atomic E-state index is 14.4. The summed E-state index contributed by atoms with van der Waals surface area (Å²) in [4.78, 5) is 15.7. The number of hydrogen-bond acceptors (Lipinski definition) is 9. The number of aryl methyl sites for hydroxylation is 1. The molecular formula is C29H41F3N10OSi. The molecule has 4 aromatic rings. The van der Waals surface area contributed by atoms with Gasteiger partial charge in [0.2, 0.25) is 5.95 Å². The van der Waals surface area contributed by atoms with Gasteiger partial charge in [-0.25, -0.2) is 15.0 Å². The first-order valence-electron chi connectivity index (χ1n) is 14.9. The first kappa shape index (κ1) is 32.0. The highest BCUT2D eigenvalue weighted by Crippen LogP contribution is 2.39. The molecule has 0 spiro atoms. The molecule has 1 atom stereocenters. The van der Waals surface area contributed by atoms with Crippen molar-refractivity contribution in [2.75, 3.05) is 25.0 Å². The molecule has 0 saturated carbocycles. The van der Waals surface area contributed by atoms with E-state index in [-0.39, 0.29) is 30.0 Å². The Morgan fingerprint density at radius 1 is 1.11 bits per heavy atom. The van der Waals surface area contributed by atoms with Crippen LogP contribution in [0, 0.1) is 6.92 Å². The molecule has 4 aromatic heterocycles. The number of piperidine rings is 1.